The van der Waals surface area contributed by atoms with Crippen LogP contribution in [-0.4, -0.2) is 7.05 Å². The molecule has 0 radical (unpaired) electrons. The van der Waals surface area contributed by atoms with Gasteiger partial charge in [-0.05, 0) is 106 Å². The summed E-state index contributed by atoms with van der Waals surface area (Å²) in [4.78, 5) is 4.63. The molecule has 0 fully saturated rings. The van der Waals surface area contributed by atoms with E-state index >= 15 is 0 Å². The fourth-order valence-corrected chi connectivity index (χ4v) is 6.82. The Hall–Kier alpha value is -5.34. The van der Waals surface area contributed by atoms with Gasteiger partial charge in [0.2, 0.25) is 0 Å². The molecule has 0 bridgehead atoms. The van der Waals surface area contributed by atoms with Crippen molar-refractivity contribution in [3.05, 3.63) is 156 Å². The zero-order chi connectivity index (χ0) is 28.9. The van der Waals surface area contributed by atoms with Crippen LogP contribution < -0.4 is 15.0 Å². The molecule has 0 N–H and O–H groups in total. The molecule has 43 heavy (non-hydrogen) atoms. The van der Waals surface area contributed by atoms with Crippen LogP contribution in [0.25, 0.3) is 38.4 Å². The highest BCUT2D eigenvalue weighted by molar-refractivity contribution is 6.25. The smallest absolute Gasteiger partial charge is 0.0488 e. The maximum absolute atomic E-state index is 2.34. The van der Waals surface area contributed by atoms with Crippen LogP contribution in [0, 0.1) is 6.92 Å². The molecule has 206 valence electrons. The number of aryl methyl sites for hydroxylation is 1. The third kappa shape index (κ3) is 4.18. The number of hydrogen-bond acceptors (Lipinski definition) is 2. The van der Waals surface area contributed by atoms with Crippen LogP contribution in [0.1, 0.15) is 11.1 Å². The molecule has 0 spiro atoms. The number of para-hydroxylation sites is 1. The lowest BCUT2D eigenvalue weighted by atomic mass is 9.88. The molecular formula is C41H32N2. The molecule has 0 atom stereocenters. The maximum Gasteiger partial charge on any atom is 0.0488 e. The number of nitrogens with zero attached hydrogens (tertiary/aromatic N) is 2. The van der Waals surface area contributed by atoms with Gasteiger partial charge in [0.15, 0.2) is 0 Å². The molecule has 0 heterocycles. The number of anilines is 5. The molecule has 2 nitrogen and oxygen atoms in total. The summed E-state index contributed by atoms with van der Waals surface area (Å²) < 4.78 is 0. The average molecular weight is 553 g/mol. The van der Waals surface area contributed by atoms with Crippen LogP contribution in [0.3, 0.4) is 0 Å². The molecule has 1 aliphatic rings. The number of rotatable bonds is 5. The van der Waals surface area contributed by atoms with Crippen LogP contribution in [0.15, 0.2) is 140 Å². The first-order valence-electron chi connectivity index (χ1n) is 15.0. The van der Waals surface area contributed by atoms with E-state index in [0.717, 1.165) is 29.2 Å². The second kappa shape index (κ2) is 10.2. The molecule has 7 aromatic carbocycles. The predicted octanol–water partition coefficient (Wildman–Crippen LogP) is 10.3. The Balaban J connectivity index is 1.24. The summed E-state index contributed by atoms with van der Waals surface area (Å²) in [6.45, 7) is 2.13. The summed E-state index contributed by atoms with van der Waals surface area (Å²) in [7, 11) is 2.18. The van der Waals surface area contributed by atoms with Crippen molar-refractivity contribution >= 4 is 66.8 Å². The average Bonchev–Trinajstić information content (AvgIpc) is 3.28. The number of allylic oxidation sites excluding steroid dienone is 2. The van der Waals surface area contributed by atoms with Gasteiger partial charge in [0, 0.05) is 40.9 Å². The van der Waals surface area contributed by atoms with Crippen molar-refractivity contribution in [1.82, 2.24) is 0 Å². The first kappa shape index (κ1) is 25.4. The van der Waals surface area contributed by atoms with Crippen molar-refractivity contribution in [1.29, 1.82) is 0 Å². The third-order valence-electron chi connectivity index (χ3n) is 8.93. The molecule has 1 aliphatic carbocycles. The molecule has 0 saturated carbocycles. The molecule has 0 aromatic heterocycles. The van der Waals surface area contributed by atoms with E-state index in [1.54, 1.807) is 0 Å². The van der Waals surface area contributed by atoms with Crippen LogP contribution in [0.4, 0.5) is 28.4 Å². The summed E-state index contributed by atoms with van der Waals surface area (Å²) in [5, 5.41) is 9.36. The SMILES string of the molecule is Cc1ccc(N(c2ccccc2)c2ccc(N(C)c3ccc4c5c6c(cccc6c6cccc3c46)=CC=CC5)cc2)cc1. The van der Waals surface area contributed by atoms with E-state index in [0.29, 0.717) is 0 Å². The molecule has 0 amide bonds. The Morgan fingerprint density at radius 3 is 1.91 bits per heavy atom. The van der Waals surface area contributed by atoms with E-state index < -0.39 is 0 Å². The van der Waals surface area contributed by atoms with Gasteiger partial charge in [0.1, 0.15) is 0 Å². The van der Waals surface area contributed by atoms with Crippen LogP contribution >= 0.6 is 0 Å². The first-order valence-corrected chi connectivity index (χ1v) is 15.0. The van der Waals surface area contributed by atoms with Crippen molar-refractivity contribution in [3.8, 4) is 0 Å². The van der Waals surface area contributed by atoms with Gasteiger partial charge < -0.3 is 9.80 Å². The van der Waals surface area contributed by atoms with Crippen molar-refractivity contribution in [2.45, 2.75) is 13.3 Å². The number of fused-ring (bicyclic) bond motifs is 2. The molecule has 8 rings (SSSR count). The van der Waals surface area contributed by atoms with Gasteiger partial charge in [-0.15, -0.1) is 0 Å². The maximum atomic E-state index is 2.34. The summed E-state index contributed by atoms with van der Waals surface area (Å²) >= 11 is 0. The second-order valence-corrected chi connectivity index (χ2v) is 11.5. The Kier molecular flexibility index (Phi) is 6.01. The van der Waals surface area contributed by atoms with Gasteiger partial charge in [-0.25, -0.2) is 0 Å². The Labute approximate surface area is 252 Å². The van der Waals surface area contributed by atoms with E-state index in [1.165, 1.54) is 54.4 Å². The quantitative estimate of drug-likeness (QED) is 0.155. The van der Waals surface area contributed by atoms with Crippen LogP contribution in [-0.2, 0) is 6.42 Å². The minimum absolute atomic E-state index is 0.944. The molecule has 2 heteroatoms. The zero-order valence-corrected chi connectivity index (χ0v) is 24.5. The van der Waals surface area contributed by atoms with Crippen molar-refractivity contribution in [2.75, 3.05) is 16.8 Å². The lowest BCUT2D eigenvalue weighted by Gasteiger charge is -2.27. The molecule has 0 saturated heterocycles. The van der Waals surface area contributed by atoms with Gasteiger partial charge >= 0.3 is 0 Å². The summed E-state index contributed by atoms with van der Waals surface area (Å²) in [5.74, 6) is 0. The monoisotopic (exact) mass is 552 g/mol. The first-order chi connectivity index (χ1) is 21.2. The minimum atomic E-state index is 0.944. The fourth-order valence-electron chi connectivity index (χ4n) is 6.82. The molecule has 0 aliphatic heterocycles. The van der Waals surface area contributed by atoms with E-state index in [-0.39, 0.29) is 0 Å². The van der Waals surface area contributed by atoms with Crippen LogP contribution in [0.5, 0.6) is 0 Å². The van der Waals surface area contributed by atoms with E-state index in [9.17, 15) is 0 Å². The highest BCUT2D eigenvalue weighted by Crippen LogP contribution is 2.42. The highest BCUT2D eigenvalue weighted by atomic mass is 15.1. The van der Waals surface area contributed by atoms with Crippen LogP contribution in [0.2, 0.25) is 0 Å². The normalized spacial score (nSPS) is 12.4. The van der Waals surface area contributed by atoms with Crippen molar-refractivity contribution in [2.24, 2.45) is 0 Å². The molecular weight excluding hydrogens is 520 g/mol. The Morgan fingerprint density at radius 1 is 0.512 bits per heavy atom. The number of benzene rings is 7. The standard InChI is InChI=1S/C41H32N2/c1-28-18-20-32(21-19-28)43(31-12-4-3-5-13-31)33-24-22-30(23-25-33)42(2)39-27-26-37-34-14-7-6-10-29-11-8-15-35(40(29)34)36-16-9-17-38(39)41(36)37/h3-13,15-27H,14H2,1-2H3. The van der Waals surface area contributed by atoms with E-state index in [4.69, 9.17) is 0 Å². The Morgan fingerprint density at radius 2 is 1.14 bits per heavy atom. The summed E-state index contributed by atoms with van der Waals surface area (Å²) in [6.07, 6.45) is 7.68. The lowest BCUT2D eigenvalue weighted by molar-refractivity contribution is 1.21. The van der Waals surface area contributed by atoms with Gasteiger partial charge in [-0.2, -0.15) is 0 Å². The Bertz CT molecular complexity index is 2210. The fraction of sp³-hybridized carbons (Fsp3) is 0.0732. The highest BCUT2D eigenvalue weighted by Gasteiger charge is 2.18. The van der Waals surface area contributed by atoms with E-state index in [1.807, 2.05) is 0 Å². The van der Waals surface area contributed by atoms with Gasteiger partial charge in [0.25, 0.3) is 0 Å². The van der Waals surface area contributed by atoms with Gasteiger partial charge in [-0.1, -0.05) is 96.6 Å². The van der Waals surface area contributed by atoms with Gasteiger partial charge in [-0.3, -0.25) is 0 Å². The van der Waals surface area contributed by atoms with Gasteiger partial charge in [0.05, 0.1) is 0 Å². The molecule has 0 unspecified atom stereocenters. The number of hydrogen-bond donors (Lipinski definition) is 0. The summed E-state index contributed by atoms with van der Waals surface area (Å²) in [6, 6.07) is 46.4. The largest absolute Gasteiger partial charge is 0.344 e. The predicted molar refractivity (Wildman–Crippen MR) is 185 cm³/mol. The lowest BCUT2D eigenvalue weighted by Crippen LogP contribution is -2.12. The summed E-state index contributed by atoms with van der Waals surface area (Å²) in [5.41, 5.74) is 8.46. The van der Waals surface area contributed by atoms with E-state index in [2.05, 4.69) is 169 Å². The minimum Gasteiger partial charge on any atom is -0.344 e. The topological polar surface area (TPSA) is 6.48 Å². The third-order valence-corrected chi connectivity index (χ3v) is 8.93. The zero-order valence-electron chi connectivity index (χ0n) is 24.5. The van der Waals surface area contributed by atoms with Crippen molar-refractivity contribution < 1.29 is 0 Å². The second-order valence-electron chi connectivity index (χ2n) is 11.5. The molecule has 7 aromatic rings. The van der Waals surface area contributed by atoms with Crippen molar-refractivity contribution in [3.63, 3.8) is 0 Å².